The van der Waals surface area contributed by atoms with E-state index in [0.29, 0.717) is 26.0 Å². The first kappa shape index (κ1) is 23.8. The van der Waals surface area contributed by atoms with E-state index in [9.17, 15) is 18.0 Å². The second-order valence-corrected chi connectivity index (χ2v) is 10.9. The number of aromatic nitrogens is 4. The number of sulfone groups is 1. The molecule has 0 atom stereocenters. The molecule has 4 rings (SSSR count). The van der Waals surface area contributed by atoms with E-state index in [1.165, 1.54) is 23.1 Å². The van der Waals surface area contributed by atoms with Gasteiger partial charge in [0.25, 0.3) is 11.5 Å². The Morgan fingerprint density at radius 1 is 1.24 bits per heavy atom. The number of rotatable bonds is 8. The Bertz CT molecular complexity index is 1510. The first-order valence-corrected chi connectivity index (χ1v) is 12.8. The maximum absolute atomic E-state index is 13.0. The number of aromatic amines is 1. The highest BCUT2D eigenvalue weighted by Crippen LogP contribution is 2.27. The molecule has 0 unspecified atom stereocenters. The molecule has 1 amide bonds. The number of benzene rings is 1. The highest BCUT2D eigenvalue weighted by molar-refractivity contribution is 7.91. The topological polar surface area (TPSA) is 153 Å². The van der Waals surface area contributed by atoms with Crippen LogP contribution in [0.5, 0.6) is 0 Å². The molecule has 0 spiro atoms. The predicted molar refractivity (Wildman–Crippen MR) is 129 cm³/mol. The molecule has 0 saturated carbocycles. The molecule has 3 heterocycles. The van der Waals surface area contributed by atoms with E-state index in [2.05, 4.69) is 20.6 Å². The summed E-state index contributed by atoms with van der Waals surface area (Å²) in [5, 5.41) is 10.8. The van der Waals surface area contributed by atoms with Crippen LogP contribution in [-0.4, -0.2) is 46.6 Å². The van der Waals surface area contributed by atoms with Gasteiger partial charge in [-0.1, -0.05) is 22.9 Å². The van der Waals surface area contributed by atoms with Gasteiger partial charge in [-0.3, -0.25) is 9.59 Å². The third kappa shape index (κ3) is 5.09. The van der Waals surface area contributed by atoms with E-state index >= 15 is 0 Å². The van der Waals surface area contributed by atoms with E-state index in [0.717, 1.165) is 11.3 Å². The lowest BCUT2D eigenvalue weighted by Crippen LogP contribution is -2.21. The summed E-state index contributed by atoms with van der Waals surface area (Å²) in [5.74, 6) is -0.592. The van der Waals surface area contributed by atoms with Gasteiger partial charge in [0.1, 0.15) is 5.69 Å². The second-order valence-electron chi connectivity index (χ2n) is 7.14. The number of hydrogen-bond donors (Lipinski definition) is 3. The summed E-state index contributed by atoms with van der Waals surface area (Å²) in [7, 11) is -3.79. The van der Waals surface area contributed by atoms with E-state index in [4.69, 9.17) is 17.3 Å². The van der Waals surface area contributed by atoms with E-state index < -0.39 is 9.84 Å². The van der Waals surface area contributed by atoms with Gasteiger partial charge in [0.05, 0.1) is 38.3 Å². The van der Waals surface area contributed by atoms with Gasteiger partial charge in [-0.2, -0.15) is 0 Å². The Hall–Kier alpha value is -3.32. The molecule has 34 heavy (non-hydrogen) atoms. The molecule has 13 heteroatoms. The number of nitrogens with two attached hydrogens (primary N) is 1. The summed E-state index contributed by atoms with van der Waals surface area (Å²) in [6, 6.07) is 11.1. The molecule has 10 nitrogen and oxygen atoms in total. The van der Waals surface area contributed by atoms with E-state index in [1.54, 1.807) is 36.4 Å². The summed E-state index contributed by atoms with van der Waals surface area (Å²) >= 11 is 7.02. The SMILES string of the molecule is NCCS(=O)(=O)c1cc(-c2ccc[nH]c2=O)ccc1-n1cc(CNC(=O)c2ccc(Cl)s2)nn1. The molecule has 0 fully saturated rings. The van der Waals surface area contributed by atoms with Crippen molar-refractivity contribution in [1.29, 1.82) is 0 Å². The fourth-order valence-electron chi connectivity index (χ4n) is 3.23. The quantitative estimate of drug-likeness (QED) is 0.322. The van der Waals surface area contributed by atoms with E-state index in [1.807, 2.05) is 0 Å². The maximum atomic E-state index is 13.0. The number of nitrogens with one attached hydrogen (secondary N) is 2. The molecular weight excluding hydrogens is 500 g/mol. The normalized spacial score (nSPS) is 11.5. The number of H-pyrrole nitrogens is 1. The zero-order valence-electron chi connectivity index (χ0n) is 17.6. The molecular formula is C21H19ClN6O4S2. The molecule has 176 valence electrons. The average molecular weight is 519 g/mol. The summed E-state index contributed by atoms with van der Waals surface area (Å²) in [4.78, 5) is 27.4. The smallest absolute Gasteiger partial charge is 0.261 e. The van der Waals surface area contributed by atoms with Crippen LogP contribution in [0.2, 0.25) is 4.34 Å². The van der Waals surface area contributed by atoms with Gasteiger partial charge in [0.2, 0.25) is 0 Å². The van der Waals surface area contributed by atoms with Gasteiger partial charge in [-0.25, -0.2) is 13.1 Å². The van der Waals surface area contributed by atoms with E-state index in [-0.39, 0.29) is 40.9 Å². The van der Waals surface area contributed by atoms with Gasteiger partial charge in [0.15, 0.2) is 9.84 Å². The van der Waals surface area contributed by atoms with Crippen molar-refractivity contribution < 1.29 is 13.2 Å². The number of carbonyl (C=O) groups is 1. The number of nitrogens with zero attached hydrogens (tertiary/aromatic N) is 3. The summed E-state index contributed by atoms with van der Waals surface area (Å²) in [6.45, 7) is 0.00993. The van der Waals surface area contributed by atoms with Crippen molar-refractivity contribution in [2.45, 2.75) is 11.4 Å². The lowest BCUT2D eigenvalue weighted by Gasteiger charge is -2.12. The Kier molecular flexibility index (Phi) is 6.93. The van der Waals surface area contributed by atoms with Crippen molar-refractivity contribution >= 4 is 38.7 Å². The van der Waals surface area contributed by atoms with Crippen LogP contribution in [0, 0.1) is 0 Å². The number of thiophene rings is 1. The molecule has 0 aliphatic heterocycles. The maximum Gasteiger partial charge on any atom is 0.261 e. The number of carbonyl (C=O) groups excluding carboxylic acids is 1. The largest absolute Gasteiger partial charge is 0.346 e. The summed E-state index contributed by atoms with van der Waals surface area (Å²) in [5.41, 5.74) is 6.60. The molecule has 0 aliphatic rings. The second kappa shape index (κ2) is 9.89. The molecule has 1 aromatic carbocycles. The van der Waals surface area contributed by atoms with Crippen LogP contribution >= 0.6 is 22.9 Å². The zero-order valence-corrected chi connectivity index (χ0v) is 20.0. The first-order chi connectivity index (χ1) is 16.3. The van der Waals surface area contributed by atoms with Gasteiger partial charge >= 0.3 is 0 Å². The lowest BCUT2D eigenvalue weighted by atomic mass is 10.1. The number of halogens is 1. The number of hydrogen-bond acceptors (Lipinski definition) is 8. The van der Waals surface area contributed by atoms with Crippen LogP contribution in [-0.2, 0) is 16.4 Å². The number of pyridine rings is 1. The highest BCUT2D eigenvalue weighted by Gasteiger charge is 2.22. The minimum Gasteiger partial charge on any atom is -0.346 e. The van der Waals surface area contributed by atoms with Crippen molar-refractivity contribution in [2.75, 3.05) is 12.3 Å². The Morgan fingerprint density at radius 2 is 2.06 bits per heavy atom. The van der Waals surface area contributed by atoms with Gasteiger partial charge < -0.3 is 16.0 Å². The fourth-order valence-corrected chi connectivity index (χ4v) is 5.50. The van der Waals surface area contributed by atoms with Gasteiger partial charge in [0, 0.05) is 18.3 Å². The molecule has 0 bridgehead atoms. The third-order valence-corrected chi connectivity index (χ3v) is 7.83. The van der Waals surface area contributed by atoms with Crippen LogP contribution in [0.1, 0.15) is 15.4 Å². The van der Waals surface area contributed by atoms with Crippen molar-refractivity contribution in [3.63, 3.8) is 0 Å². The zero-order chi connectivity index (χ0) is 24.3. The molecule has 4 N–H and O–H groups in total. The van der Waals surface area contributed by atoms with Crippen LogP contribution in [0.3, 0.4) is 0 Å². The van der Waals surface area contributed by atoms with Crippen LogP contribution in [0.25, 0.3) is 16.8 Å². The summed E-state index contributed by atoms with van der Waals surface area (Å²) in [6.07, 6.45) is 3.02. The van der Waals surface area contributed by atoms with Gasteiger partial charge in [-0.05, 0) is 42.0 Å². The van der Waals surface area contributed by atoms with Gasteiger partial charge in [-0.15, -0.1) is 16.4 Å². The van der Waals surface area contributed by atoms with Crippen molar-refractivity contribution in [3.8, 4) is 16.8 Å². The van der Waals surface area contributed by atoms with Crippen molar-refractivity contribution in [1.82, 2.24) is 25.3 Å². The standard InChI is InChI=1S/C21H19ClN6O4S2/c22-19-6-5-17(33-19)21(30)25-11-14-12-28(27-26-14)16-4-3-13(15-2-1-8-24-20(15)29)10-18(16)34(31,32)9-7-23/h1-6,8,10,12H,7,9,11,23H2,(H,24,29)(H,25,30). The molecule has 4 aromatic rings. The lowest BCUT2D eigenvalue weighted by molar-refractivity contribution is 0.0954. The van der Waals surface area contributed by atoms with Crippen LogP contribution in [0.15, 0.2) is 64.5 Å². The fraction of sp³-hybridized carbons (Fsp3) is 0.143. The minimum atomic E-state index is -3.79. The third-order valence-electron chi connectivity index (χ3n) is 4.83. The van der Waals surface area contributed by atoms with Crippen molar-refractivity contribution in [2.24, 2.45) is 5.73 Å². The average Bonchev–Trinajstić information content (AvgIpc) is 3.47. The monoisotopic (exact) mass is 518 g/mol. The molecule has 3 aromatic heterocycles. The molecule has 0 saturated heterocycles. The van der Waals surface area contributed by atoms with Crippen LogP contribution in [0.4, 0.5) is 0 Å². The predicted octanol–water partition coefficient (Wildman–Crippen LogP) is 2.00. The molecule has 0 aliphatic carbocycles. The minimum absolute atomic E-state index is 0.0348. The molecule has 0 radical (unpaired) electrons. The Balaban J connectivity index is 1.66. The first-order valence-electron chi connectivity index (χ1n) is 9.98. The van der Waals surface area contributed by atoms with Crippen LogP contribution < -0.4 is 16.6 Å². The highest BCUT2D eigenvalue weighted by atomic mass is 35.5. The Labute approximate surface area is 203 Å². The number of amides is 1. The Morgan fingerprint density at radius 3 is 2.76 bits per heavy atom. The van der Waals surface area contributed by atoms with Crippen molar-refractivity contribution in [3.05, 3.63) is 80.1 Å². The summed E-state index contributed by atoms with van der Waals surface area (Å²) < 4.78 is 27.8.